The Labute approximate surface area is 131 Å². The summed E-state index contributed by atoms with van der Waals surface area (Å²) in [6.07, 6.45) is 3.27. The Kier molecular flexibility index (Phi) is 5.34. The maximum Gasteiger partial charge on any atom is 0.237 e. The van der Waals surface area contributed by atoms with Crippen LogP contribution < -0.4 is 10.1 Å². The Hall–Kier alpha value is -1.17. The topological polar surface area (TPSA) is 47.0 Å². The number of aromatic nitrogens is 2. The molecule has 2 aromatic rings. The van der Waals surface area contributed by atoms with Crippen LogP contribution in [0.25, 0.3) is 0 Å². The van der Waals surface area contributed by atoms with Crippen molar-refractivity contribution >= 4 is 27.5 Å². The van der Waals surface area contributed by atoms with E-state index in [-0.39, 0.29) is 6.04 Å². The summed E-state index contributed by atoms with van der Waals surface area (Å²) in [6.45, 7) is 2.84. The second kappa shape index (κ2) is 7.02. The Bertz CT molecular complexity index is 594. The fraction of sp³-hybridized carbons (Fsp3) is 0.286. The first-order valence-electron chi connectivity index (χ1n) is 6.20. The van der Waals surface area contributed by atoms with Crippen LogP contribution in [0.2, 0.25) is 5.02 Å². The minimum absolute atomic E-state index is 0.0998. The van der Waals surface area contributed by atoms with E-state index in [2.05, 4.69) is 31.2 Å². The van der Waals surface area contributed by atoms with E-state index in [1.807, 2.05) is 25.1 Å². The minimum Gasteiger partial charge on any atom is -0.480 e. The number of nitrogens with zero attached hydrogens (tertiary/aromatic N) is 2. The molecular weight excluding hydrogens is 342 g/mol. The van der Waals surface area contributed by atoms with Gasteiger partial charge in [-0.1, -0.05) is 24.6 Å². The van der Waals surface area contributed by atoms with Gasteiger partial charge in [-0.3, -0.25) is 4.98 Å². The van der Waals surface area contributed by atoms with Crippen molar-refractivity contribution in [3.63, 3.8) is 0 Å². The predicted octanol–water partition coefficient (Wildman–Crippen LogP) is 3.60. The molecule has 0 amide bonds. The van der Waals surface area contributed by atoms with Crippen molar-refractivity contribution in [3.05, 3.63) is 51.3 Å². The molecule has 106 valence electrons. The lowest BCUT2D eigenvalue weighted by Gasteiger charge is -2.19. The second-order valence-corrected chi connectivity index (χ2v) is 5.38. The highest BCUT2D eigenvalue weighted by molar-refractivity contribution is 9.10. The lowest BCUT2D eigenvalue weighted by Crippen LogP contribution is -2.23. The lowest BCUT2D eigenvalue weighted by molar-refractivity contribution is 0.383. The molecule has 0 aliphatic rings. The Balaban J connectivity index is 2.47. The van der Waals surface area contributed by atoms with E-state index in [0.29, 0.717) is 10.9 Å². The molecule has 0 radical (unpaired) electrons. The van der Waals surface area contributed by atoms with Crippen molar-refractivity contribution in [1.82, 2.24) is 15.3 Å². The number of hydrogen-bond donors (Lipinski definition) is 1. The van der Waals surface area contributed by atoms with Crippen LogP contribution in [0, 0.1) is 0 Å². The first-order valence-corrected chi connectivity index (χ1v) is 7.37. The summed E-state index contributed by atoms with van der Waals surface area (Å²) in [4.78, 5) is 8.60. The highest BCUT2D eigenvalue weighted by Crippen LogP contribution is 2.31. The van der Waals surface area contributed by atoms with Gasteiger partial charge >= 0.3 is 0 Å². The number of nitrogens with one attached hydrogen (secondary N) is 1. The molecule has 2 rings (SSSR count). The molecule has 0 spiro atoms. The minimum atomic E-state index is -0.0998. The van der Waals surface area contributed by atoms with Crippen LogP contribution in [0.5, 0.6) is 5.88 Å². The average molecular weight is 357 g/mol. The van der Waals surface area contributed by atoms with Gasteiger partial charge in [0.05, 0.1) is 18.2 Å². The molecule has 20 heavy (non-hydrogen) atoms. The fourth-order valence-corrected chi connectivity index (χ4v) is 2.47. The van der Waals surface area contributed by atoms with Crippen molar-refractivity contribution in [1.29, 1.82) is 0 Å². The number of ether oxygens (including phenoxy) is 1. The van der Waals surface area contributed by atoms with Gasteiger partial charge in [-0.25, -0.2) is 4.98 Å². The molecule has 1 atom stereocenters. The van der Waals surface area contributed by atoms with Crippen LogP contribution in [0.15, 0.2) is 35.1 Å². The van der Waals surface area contributed by atoms with Crippen molar-refractivity contribution in [2.45, 2.75) is 13.0 Å². The van der Waals surface area contributed by atoms with Gasteiger partial charge in [0.2, 0.25) is 5.88 Å². The van der Waals surface area contributed by atoms with Crippen molar-refractivity contribution < 1.29 is 4.74 Å². The zero-order chi connectivity index (χ0) is 14.5. The first-order chi connectivity index (χ1) is 9.67. The van der Waals surface area contributed by atoms with E-state index in [4.69, 9.17) is 16.3 Å². The highest BCUT2D eigenvalue weighted by Gasteiger charge is 2.20. The normalized spacial score (nSPS) is 12.2. The molecule has 0 aliphatic carbocycles. The molecular formula is C14H15BrClN3O. The molecule has 0 aliphatic heterocycles. The molecule has 1 aromatic carbocycles. The number of methoxy groups -OCH3 is 1. The van der Waals surface area contributed by atoms with Crippen LogP contribution in [-0.4, -0.2) is 23.6 Å². The fourth-order valence-electron chi connectivity index (χ4n) is 1.96. The zero-order valence-corrected chi connectivity index (χ0v) is 13.6. The van der Waals surface area contributed by atoms with Gasteiger partial charge in [0.25, 0.3) is 0 Å². The van der Waals surface area contributed by atoms with Crippen molar-refractivity contribution in [2.24, 2.45) is 0 Å². The number of rotatable bonds is 5. The van der Waals surface area contributed by atoms with Gasteiger partial charge in [-0.15, -0.1) is 0 Å². The summed E-state index contributed by atoms with van der Waals surface area (Å²) >= 11 is 9.49. The SMILES string of the molecule is CCNC(c1ccc(Cl)c(Br)c1)c1nccnc1OC. The molecule has 6 heteroatoms. The van der Waals surface area contributed by atoms with E-state index >= 15 is 0 Å². The molecule has 1 aromatic heterocycles. The summed E-state index contributed by atoms with van der Waals surface area (Å²) in [5, 5.41) is 4.07. The number of halogens is 2. The van der Waals surface area contributed by atoms with Gasteiger partial charge in [0.1, 0.15) is 5.69 Å². The molecule has 0 fully saturated rings. The molecule has 1 heterocycles. The highest BCUT2D eigenvalue weighted by atomic mass is 79.9. The smallest absolute Gasteiger partial charge is 0.237 e. The third-order valence-corrected chi connectivity index (χ3v) is 4.06. The summed E-state index contributed by atoms with van der Waals surface area (Å²) in [6, 6.07) is 5.70. The Morgan fingerprint density at radius 1 is 1.35 bits per heavy atom. The van der Waals surface area contributed by atoms with Crippen LogP contribution in [0.1, 0.15) is 24.2 Å². The maximum absolute atomic E-state index is 6.05. The largest absolute Gasteiger partial charge is 0.480 e. The van der Waals surface area contributed by atoms with Crippen LogP contribution in [0.3, 0.4) is 0 Å². The van der Waals surface area contributed by atoms with Gasteiger partial charge in [-0.05, 0) is 40.2 Å². The third kappa shape index (κ3) is 3.29. The lowest BCUT2D eigenvalue weighted by atomic mass is 10.0. The number of benzene rings is 1. The van der Waals surface area contributed by atoms with E-state index in [0.717, 1.165) is 22.3 Å². The summed E-state index contributed by atoms with van der Waals surface area (Å²) in [5.41, 5.74) is 1.80. The van der Waals surface area contributed by atoms with E-state index in [1.54, 1.807) is 19.5 Å². The molecule has 0 saturated carbocycles. The van der Waals surface area contributed by atoms with Gasteiger partial charge in [0, 0.05) is 16.9 Å². The van der Waals surface area contributed by atoms with Crippen LogP contribution in [0.4, 0.5) is 0 Å². The van der Waals surface area contributed by atoms with Crippen molar-refractivity contribution in [2.75, 3.05) is 13.7 Å². The number of hydrogen-bond acceptors (Lipinski definition) is 4. The second-order valence-electron chi connectivity index (χ2n) is 4.12. The standard InChI is InChI=1S/C14H15BrClN3O/c1-3-17-12(9-4-5-11(16)10(15)8-9)13-14(20-2)19-7-6-18-13/h4-8,12,17H,3H2,1-2H3. The maximum atomic E-state index is 6.05. The Morgan fingerprint density at radius 3 is 2.75 bits per heavy atom. The van der Waals surface area contributed by atoms with E-state index < -0.39 is 0 Å². The van der Waals surface area contributed by atoms with Gasteiger partial charge < -0.3 is 10.1 Å². The predicted molar refractivity (Wildman–Crippen MR) is 83.3 cm³/mol. The summed E-state index contributed by atoms with van der Waals surface area (Å²) < 4.78 is 6.15. The summed E-state index contributed by atoms with van der Waals surface area (Å²) in [7, 11) is 1.59. The quantitative estimate of drug-likeness (QED) is 0.889. The molecule has 4 nitrogen and oxygen atoms in total. The first kappa shape index (κ1) is 15.2. The van der Waals surface area contributed by atoms with E-state index in [9.17, 15) is 0 Å². The monoisotopic (exact) mass is 355 g/mol. The van der Waals surface area contributed by atoms with E-state index in [1.165, 1.54) is 0 Å². The van der Waals surface area contributed by atoms with Crippen LogP contribution in [-0.2, 0) is 0 Å². The van der Waals surface area contributed by atoms with Gasteiger partial charge in [0.15, 0.2) is 0 Å². The molecule has 1 unspecified atom stereocenters. The van der Waals surface area contributed by atoms with Crippen LogP contribution >= 0.6 is 27.5 Å². The summed E-state index contributed by atoms with van der Waals surface area (Å²) in [5.74, 6) is 0.518. The third-order valence-electron chi connectivity index (χ3n) is 2.84. The Morgan fingerprint density at radius 2 is 2.10 bits per heavy atom. The van der Waals surface area contributed by atoms with Crippen molar-refractivity contribution in [3.8, 4) is 5.88 Å². The molecule has 1 N–H and O–H groups in total. The average Bonchev–Trinajstić information content (AvgIpc) is 2.48. The molecule has 0 saturated heterocycles. The zero-order valence-electron chi connectivity index (χ0n) is 11.2. The molecule has 0 bridgehead atoms. The van der Waals surface area contributed by atoms with Gasteiger partial charge in [-0.2, -0.15) is 0 Å².